The molecule has 0 fully saturated rings. The van der Waals surface area contributed by atoms with Crippen molar-refractivity contribution in [3.05, 3.63) is 16.1 Å². The van der Waals surface area contributed by atoms with Crippen molar-refractivity contribution >= 4 is 22.2 Å². The van der Waals surface area contributed by atoms with Crippen molar-refractivity contribution in [2.75, 3.05) is 21.3 Å². The van der Waals surface area contributed by atoms with Crippen LogP contribution in [0.1, 0.15) is 5.56 Å². The molecule has 0 aliphatic rings. The fourth-order valence-electron chi connectivity index (χ4n) is 1.24. The van der Waals surface area contributed by atoms with Gasteiger partial charge in [-0.3, -0.25) is 4.79 Å². The molecule has 0 aromatic heterocycles. The lowest BCUT2D eigenvalue weighted by atomic mass is 10.2. The van der Waals surface area contributed by atoms with E-state index in [1.807, 2.05) is 0 Å². The highest BCUT2D eigenvalue weighted by molar-refractivity contribution is 9.10. The Labute approximate surface area is 96.3 Å². The van der Waals surface area contributed by atoms with Gasteiger partial charge in [-0.15, -0.1) is 0 Å². The minimum atomic E-state index is 0.200. The van der Waals surface area contributed by atoms with Gasteiger partial charge < -0.3 is 14.2 Å². The van der Waals surface area contributed by atoms with Gasteiger partial charge in [0.25, 0.3) is 0 Å². The molecule has 0 bridgehead atoms. The summed E-state index contributed by atoms with van der Waals surface area (Å²) in [7, 11) is 4.41. The molecule has 0 N–H and O–H groups in total. The summed E-state index contributed by atoms with van der Waals surface area (Å²) in [5, 5.41) is 0. The molecular formula is C10H10BrO4. The van der Waals surface area contributed by atoms with Crippen LogP contribution in [0.25, 0.3) is 0 Å². The Morgan fingerprint density at radius 3 is 2.13 bits per heavy atom. The van der Waals surface area contributed by atoms with Crippen molar-refractivity contribution in [3.63, 3.8) is 0 Å². The Balaban J connectivity index is 3.51. The Hall–Kier alpha value is -1.23. The van der Waals surface area contributed by atoms with Crippen LogP contribution in [0.15, 0.2) is 10.5 Å². The van der Waals surface area contributed by atoms with Crippen molar-refractivity contribution in [1.82, 2.24) is 0 Å². The third-order valence-corrected chi connectivity index (χ3v) is 2.47. The first kappa shape index (κ1) is 11.8. The first-order chi connectivity index (χ1) is 7.19. The molecule has 1 rings (SSSR count). The van der Waals surface area contributed by atoms with E-state index < -0.39 is 0 Å². The van der Waals surface area contributed by atoms with E-state index >= 15 is 0 Å². The van der Waals surface area contributed by atoms with Crippen molar-refractivity contribution < 1.29 is 19.0 Å². The molecule has 1 radical (unpaired) electrons. The molecule has 0 heterocycles. The maximum absolute atomic E-state index is 10.8. The Kier molecular flexibility index (Phi) is 3.96. The summed E-state index contributed by atoms with van der Waals surface area (Å²) in [4.78, 5) is 10.8. The normalized spacial score (nSPS) is 9.60. The van der Waals surface area contributed by atoms with Gasteiger partial charge >= 0.3 is 0 Å². The molecule has 1 aromatic carbocycles. The quantitative estimate of drug-likeness (QED) is 0.841. The third-order valence-electron chi connectivity index (χ3n) is 1.88. The maximum Gasteiger partial charge on any atom is 0.241 e. The molecule has 0 aliphatic heterocycles. The predicted octanol–water partition coefficient (Wildman–Crippen LogP) is 1.93. The molecule has 1 aromatic rings. The minimum absolute atomic E-state index is 0.200. The van der Waals surface area contributed by atoms with Crippen molar-refractivity contribution in [2.24, 2.45) is 0 Å². The predicted molar refractivity (Wildman–Crippen MR) is 58.6 cm³/mol. The van der Waals surface area contributed by atoms with Crippen LogP contribution in [0.4, 0.5) is 0 Å². The minimum Gasteiger partial charge on any atom is -0.495 e. The summed E-state index contributed by atoms with van der Waals surface area (Å²) in [5.74, 6) is 1.14. The average Bonchev–Trinajstić information content (AvgIpc) is 2.27. The van der Waals surface area contributed by atoms with E-state index in [1.54, 1.807) is 12.4 Å². The van der Waals surface area contributed by atoms with Gasteiger partial charge in [-0.2, -0.15) is 0 Å². The van der Waals surface area contributed by atoms with Crippen molar-refractivity contribution in [3.8, 4) is 17.2 Å². The van der Waals surface area contributed by atoms with E-state index in [9.17, 15) is 4.79 Å². The summed E-state index contributed by atoms with van der Waals surface area (Å²) in [5.41, 5.74) is 0.200. The zero-order valence-electron chi connectivity index (χ0n) is 8.59. The molecule has 0 atom stereocenters. The van der Waals surface area contributed by atoms with Gasteiger partial charge in [0, 0.05) is 6.07 Å². The van der Waals surface area contributed by atoms with Crippen LogP contribution in [-0.4, -0.2) is 27.6 Å². The summed E-state index contributed by atoms with van der Waals surface area (Å²) in [6.07, 6.45) is 1.77. The molecule has 0 spiro atoms. The molecule has 81 valence electrons. The second-order valence-electron chi connectivity index (χ2n) is 2.60. The maximum atomic E-state index is 10.8. The van der Waals surface area contributed by atoms with E-state index in [0.29, 0.717) is 21.7 Å². The lowest BCUT2D eigenvalue weighted by Gasteiger charge is -2.13. The molecule has 0 saturated heterocycles. The number of rotatable bonds is 4. The fraction of sp³-hybridized carbons (Fsp3) is 0.300. The first-order valence-electron chi connectivity index (χ1n) is 4.06. The van der Waals surface area contributed by atoms with Crippen LogP contribution in [0.2, 0.25) is 0 Å². The largest absolute Gasteiger partial charge is 0.495 e. The zero-order chi connectivity index (χ0) is 11.4. The Bertz CT molecular complexity index is 376. The highest BCUT2D eigenvalue weighted by Crippen LogP contribution is 2.41. The first-order valence-corrected chi connectivity index (χ1v) is 4.85. The summed E-state index contributed by atoms with van der Waals surface area (Å²) in [6.45, 7) is 0. The second-order valence-corrected chi connectivity index (χ2v) is 3.46. The highest BCUT2D eigenvalue weighted by atomic mass is 79.9. The molecule has 0 unspecified atom stereocenters. The van der Waals surface area contributed by atoms with Gasteiger partial charge in [-0.05, 0) is 15.9 Å². The Morgan fingerprint density at radius 2 is 1.73 bits per heavy atom. The van der Waals surface area contributed by atoms with Crippen LogP contribution < -0.4 is 14.2 Å². The topological polar surface area (TPSA) is 44.8 Å². The zero-order valence-corrected chi connectivity index (χ0v) is 10.2. The van der Waals surface area contributed by atoms with Crippen molar-refractivity contribution in [1.29, 1.82) is 0 Å². The van der Waals surface area contributed by atoms with Crippen molar-refractivity contribution in [2.45, 2.75) is 0 Å². The van der Waals surface area contributed by atoms with E-state index in [0.717, 1.165) is 0 Å². The second kappa shape index (κ2) is 5.02. The number of ether oxygens (including phenoxy) is 3. The van der Waals surface area contributed by atoms with Crippen LogP contribution in [-0.2, 0) is 4.79 Å². The number of methoxy groups -OCH3 is 3. The molecule has 0 amide bonds. The molecule has 0 saturated carbocycles. The van der Waals surface area contributed by atoms with E-state index in [2.05, 4.69) is 15.9 Å². The lowest BCUT2D eigenvalue weighted by Crippen LogP contribution is -1.99. The fourth-order valence-corrected chi connectivity index (χ4v) is 1.81. The SMILES string of the molecule is COc1cc(Br)c(OC)c([C]=O)c1OC. The van der Waals surface area contributed by atoms with Gasteiger partial charge in [0.2, 0.25) is 6.29 Å². The lowest BCUT2D eigenvalue weighted by molar-refractivity contribution is 0.346. The number of benzene rings is 1. The number of halogens is 1. The highest BCUT2D eigenvalue weighted by Gasteiger charge is 2.19. The molecule has 15 heavy (non-hydrogen) atoms. The summed E-state index contributed by atoms with van der Waals surface area (Å²) >= 11 is 3.26. The van der Waals surface area contributed by atoms with Crippen LogP contribution in [0, 0.1) is 0 Å². The smallest absolute Gasteiger partial charge is 0.241 e. The average molecular weight is 274 g/mol. The Morgan fingerprint density at radius 1 is 1.13 bits per heavy atom. The van der Waals surface area contributed by atoms with E-state index in [-0.39, 0.29) is 5.56 Å². The van der Waals surface area contributed by atoms with Gasteiger partial charge in [0.15, 0.2) is 11.5 Å². The molecular weight excluding hydrogens is 264 g/mol. The summed E-state index contributed by atoms with van der Waals surface area (Å²) in [6, 6.07) is 1.67. The van der Waals surface area contributed by atoms with E-state index in [4.69, 9.17) is 14.2 Å². The molecule has 4 nitrogen and oxygen atoms in total. The standard InChI is InChI=1S/C10H10BrO4/c1-13-8-4-7(11)9(14-2)6(5-12)10(8)15-3/h4H,1-3H3. The van der Waals surface area contributed by atoms with Crippen LogP contribution in [0.5, 0.6) is 17.2 Å². The molecule has 5 heteroatoms. The third kappa shape index (κ3) is 2.07. The van der Waals surface area contributed by atoms with Crippen LogP contribution >= 0.6 is 15.9 Å². The number of hydrogen-bond acceptors (Lipinski definition) is 4. The van der Waals surface area contributed by atoms with Gasteiger partial charge in [0.05, 0.1) is 25.8 Å². The molecule has 0 aliphatic carbocycles. The number of hydrogen-bond donors (Lipinski definition) is 0. The summed E-state index contributed by atoms with van der Waals surface area (Å²) < 4.78 is 15.8. The van der Waals surface area contributed by atoms with Gasteiger partial charge in [-0.25, -0.2) is 0 Å². The van der Waals surface area contributed by atoms with Gasteiger partial charge in [-0.1, -0.05) is 0 Å². The number of carbonyl (C=O) groups excluding carboxylic acids is 1. The monoisotopic (exact) mass is 273 g/mol. The van der Waals surface area contributed by atoms with Crippen LogP contribution in [0.3, 0.4) is 0 Å². The van der Waals surface area contributed by atoms with Gasteiger partial charge in [0.1, 0.15) is 11.3 Å². The van der Waals surface area contributed by atoms with E-state index in [1.165, 1.54) is 21.3 Å².